The van der Waals surface area contributed by atoms with Crippen LogP contribution in [0.5, 0.6) is 11.5 Å². The third-order valence-electron chi connectivity index (χ3n) is 5.66. The highest BCUT2D eigenvalue weighted by molar-refractivity contribution is 6.32. The molecule has 3 aromatic rings. The van der Waals surface area contributed by atoms with Crippen LogP contribution in [0.15, 0.2) is 72.5 Å². The van der Waals surface area contributed by atoms with Gasteiger partial charge in [-0.1, -0.05) is 60.1 Å². The predicted molar refractivity (Wildman–Crippen MR) is 121 cm³/mol. The Labute approximate surface area is 186 Å². The van der Waals surface area contributed by atoms with E-state index < -0.39 is 0 Å². The fourth-order valence-electron chi connectivity index (χ4n) is 4.03. The zero-order valence-corrected chi connectivity index (χ0v) is 17.8. The number of fused-ring (bicyclic) bond motifs is 3. The highest BCUT2D eigenvalue weighted by Crippen LogP contribution is 2.42. The summed E-state index contributed by atoms with van der Waals surface area (Å²) < 4.78 is 12.0. The summed E-state index contributed by atoms with van der Waals surface area (Å²) in [6.07, 6.45) is 3.77. The molecule has 0 saturated heterocycles. The number of hydrogen-bond acceptors (Lipinski definition) is 4. The van der Waals surface area contributed by atoms with Crippen LogP contribution in [0, 0.1) is 0 Å². The number of ketones is 1. The average molecular weight is 432 g/mol. The molecule has 0 radical (unpaired) electrons. The molecular weight excluding hydrogens is 410 g/mol. The highest BCUT2D eigenvalue weighted by Gasteiger charge is 2.33. The number of nitrogens with zero attached hydrogens (tertiary/aromatic N) is 1. The van der Waals surface area contributed by atoms with Crippen molar-refractivity contribution in [3.63, 3.8) is 0 Å². The number of halogens is 1. The van der Waals surface area contributed by atoms with E-state index in [1.807, 2.05) is 30.3 Å². The maximum absolute atomic E-state index is 12.9. The van der Waals surface area contributed by atoms with Crippen LogP contribution >= 0.6 is 11.6 Å². The van der Waals surface area contributed by atoms with Crippen LogP contribution < -0.4 is 9.47 Å². The first kappa shape index (κ1) is 19.9. The van der Waals surface area contributed by atoms with Gasteiger partial charge in [-0.15, -0.1) is 0 Å². The Bertz CT molecular complexity index is 1160. The second-order valence-corrected chi connectivity index (χ2v) is 8.20. The number of allylic oxidation sites excluding steroid dienone is 1. The molecule has 0 saturated carbocycles. The first-order valence-corrected chi connectivity index (χ1v) is 10.8. The largest absolute Gasteiger partial charge is 0.478 e. The lowest BCUT2D eigenvalue weighted by Gasteiger charge is -2.29. The SMILES string of the molecule is O=C1/C(=C/c2ccccc2Cl)Oc2c1ccc1c2CN(CCCc2ccccc2)CO1. The molecule has 0 amide bonds. The van der Waals surface area contributed by atoms with E-state index in [4.69, 9.17) is 21.1 Å². The second-order valence-electron chi connectivity index (χ2n) is 7.80. The van der Waals surface area contributed by atoms with Crippen LogP contribution in [-0.2, 0) is 13.0 Å². The maximum Gasteiger partial charge on any atom is 0.231 e. The summed E-state index contributed by atoms with van der Waals surface area (Å²) in [5.41, 5.74) is 3.60. The van der Waals surface area contributed by atoms with Crippen molar-refractivity contribution in [3.8, 4) is 11.5 Å². The summed E-state index contributed by atoms with van der Waals surface area (Å²) in [4.78, 5) is 15.2. The number of carbonyl (C=O) groups is 1. The zero-order chi connectivity index (χ0) is 21.2. The topological polar surface area (TPSA) is 38.8 Å². The fourth-order valence-corrected chi connectivity index (χ4v) is 4.22. The van der Waals surface area contributed by atoms with Gasteiger partial charge in [0.15, 0.2) is 5.76 Å². The standard InChI is InChI=1S/C26H22ClNO3/c27-22-11-5-4-10-19(22)15-24-25(29)20-12-13-23-21(26(20)31-24)16-28(17-30-23)14-6-9-18-7-2-1-3-8-18/h1-5,7-8,10-13,15H,6,9,14,16-17H2/b24-15-. The summed E-state index contributed by atoms with van der Waals surface area (Å²) in [7, 11) is 0. The summed E-state index contributed by atoms with van der Waals surface area (Å²) in [6.45, 7) is 2.14. The molecule has 2 aliphatic heterocycles. The number of carbonyl (C=O) groups excluding carboxylic acids is 1. The molecule has 0 bridgehead atoms. The second kappa shape index (κ2) is 8.58. The molecule has 0 aromatic heterocycles. The van der Waals surface area contributed by atoms with E-state index in [2.05, 4.69) is 29.2 Å². The quantitative estimate of drug-likeness (QED) is 0.483. The Morgan fingerprint density at radius 3 is 2.65 bits per heavy atom. The van der Waals surface area contributed by atoms with Crippen molar-refractivity contribution in [1.82, 2.24) is 4.90 Å². The van der Waals surface area contributed by atoms with Gasteiger partial charge in [-0.3, -0.25) is 9.69 Å². The first-order valence-electron chi connectivity index (χ1n) is 10.4. The Morgan fingerprint density at radius 1 is 1.00 bits per heavy atom. The third kappa shape index (κ3) is 4.09. The third-order valence-corrected chi connectivity index (χ3v) is 6.00. The number of Topliss-reactive ketones (excluding diaryl/α,β-unsaturated/α-hetero) is 1. The predicted octanol–water partition coefficient (Wildman–Crippen LogP) is 5.74. The van der Waals surface area contributed by atoms with Gasteiger partial charge in [0.25, 0.3) is 0 Å². The van der Waals surface area contributed by atoms with Crippen molar-refractivity contribution in [2.75, 3.05) is 13.3 Å². The Morgan fingerprint density at radius 2 is 1.81 bits per heavy atom. The number of ether oxygens (including phenoxy) is 2. The van der Waals surface area contributed by atoms with Gasteiger partial charge in [0, 0.05) is 18.1 Å². The van der Waals surface area contributed by atoms with Gasteiger partial charge in [0.05, 0.1) is 11.1 Å². The van der Waals surface area contributed by atoms with Gasteiger partial charge in [-0.25, -0.2) is 0 Å². The van der Waals surface area contributed by atoms with Crippen LogP contribution in [-0.4, -0.2) is 24.0 Å². The molecule has 156 valence electrons. The number of hydrogen-bond donors (Lipinski definition) is 0. The van der Waals surface area contributed by atoms with Crippen molar-refractivity contribution < 1.29 is 14.3 Å². The lowest BCUT2D eigenvalue weighted by Crippen LogP contribution is -2.33. The molecule has 2 aliphatic rings. The summed E-state index contributed by atoms with van der Waals surface area (Å²) in [5.74, 6) is 1.55. The molecule has 31 heavy (non-hydrogen) atoms. The molecule has 4 nitrogen and oxygen atoms in total. The lowest BCUT2D eigenvalue weighted by molar-refractivity contribution is 0.0928. The summed E-state index contributed by atoms with van der Waals surface area (Å²) >= 11 is 6.25. The molecule has 0 unspecified atom stereocenters. The van der Waals surface area contributed by atoms with Crippen LogP contribution in [0.25, 0.3) is 6.08 Å². The Hall–Kier alpha value is -3.08. The van der Waals surface area contributed by atoms with E-state index in [-0.39, 0.29) is 11.5 Å². The molecule has 3 aromatic carbocycles. The van der Waals surface area contributed by atoms with E-state index >= 15 is 0 Å². The van der Waals surface area contributed by atoms with Gasteiger partial charge in [-0.2, -0.15) is 0 Å². The van der Waals surface area contributed by atoms with E-state index in [0.717, 1.165) is 36.3 Å². The molecule has 0 fully saturated rings. The van der Waals surface area contributed by atoms with Gasteiger partial charge >= 0.3 is 0 Å². The molecule has 5 heteroatoms. The van der Waals surface area contributed by atoms with Crippen LogP contribution in [0.1, 0.15) is 33.5 Å². The fraction of sp³-hybridized carbons (Fsp3) is 0.192. The minimum Gasteiger partial charge on any atom is -0.478 e. The van der Waals surface area contributed by atoms with E-state index in [0.29, 0.717) is 29.6 Å². The molecule has 2 heterocycles. The average Bonchev–Trinajstić information content (AvgIpc) is 3.12. The van der Waals surface area contributed by atoms with Crippen molar-refractivity contribution in [2.45, 2.75) is 19.4 Å². The van der Waals surface area contributed by atoms with Crippen molar-refractivity contribution >= 4 is 23.5 Å². The Balaban J connectivity index is 1.33. The normalized spacial score (nSPS) is 16.5. The number of aryl methyl sites for hydroxylation is 1. The van der Waals surface area contributed by atoms with Gasteiger partial charge < -0.3 is 9.47 Å². The number of rotatable bonds is 5. The van der Waals surface area contributed by atoms with Gasteiger partial charge in [0.2, 0.25) is 5.78 Å². The van der Waals surface area contributed by atoms with Gasteiger partial charge in [0.1, 0.15) is 18.2 Å². The van der Waals surface area contributed by atoms with Crippen LogP contribution in [0.3, 0.4) is 0 Å². The van der Waals surface area contributed by atoms with E-state index in [1.165, 1.54) is 5.56 Å². The summed E-state index contributed by atoms with van der Waals surface area (Å²) in [5, 5.41) is 0.581. The molecular formula is C26H22ClNO3. The molecule has 0 spiro atoms. The van der Waals surface area contributed by atoms with E-state index in [1.54, 1.807) is 18.2 Å². The first-order chi connectivity index (χ1) is 15.2. The minimum absolute atomic E-state index is 0.126. The Kier molecular flexibility index (Phi) is 5.49. The number of benzene rings is 3. The molecule has 5 rings (SSSR count). The van der Waals surface area contributed by atoms with Crippen molar-refractivity contribution in [2.24, 2.45) is 0 Å². The molecule has 0 N–H and O–H groups in total. The van der Waals surface area contributed by atoms with Crippen molar-refractivity contribution in [3.05, 3.63) is 99.8 Å². The highest BCUT2D eigenvalue weighted by atomic mass is 35.5. The minimum atomic E-state index is -0.126. The van der Waals surface area contributed by atoms with Crippen LogP contribution in [0.2, 0.25) is 5.02 Å². The maximum atomic E-state index is 12.9. The van der Waals surface area contributed by atoms with E-state index in [9.17, 15) is 4.79 Å². The van der Waals surface area contributed by atoms with Gasteiger partial charge in [-0.05, 0) is 48.2 Å². The molecule has 0 atom stereocenters. The monoisotopic (exact) mass is 431 g/mol. The van der Waals surface area contributed by atoms with Crippen molar-refractivity contribution in [1.29, 1.82) is 0 Å². The summed E-state index contributed by atoms with van der Waals surface area (Å²) in [6, 6.07) is 21.5. The zero-order valence-electron chi connectivity index (χ0n) is 17.0. The smallest absolute Gasteiger partial charge is 0.231 e. The van der Waals surface area contributed by atoms with Crippen LogP contribution in [0.4, 0.5) is 0 Å². The molecule has 0 aliphatic carbocycles. The lowest BCUT2D eigenvalue weighted by atomic mass is 10.0.